The molecule has 0 radical (unpaired) electrons. The monoisotopic (exact) mass is 282 g/mol. The van der Waals surface area contributed by atoms with Crippen LogP contribution in [-0.2, 0) is 9.53 Å². The zero-order chi connectivity index (χ0) is 13.9. The first kappa shape index (κ1) is 14.3. The van der Waals surface area contributed by atoms with Crippen LogP contribution in [0, 0.1) is 12.3 Å². The van der Waals surface area contributed by atoms with E-state index in [9.17, 15) is 4.79 Å². The summed E-state index contributed by atoms with van der Waals surface area (Å²) in [6, 6.07) is 5.59. The summed E-state index contributed by atoms with van der Waals surface area (Å²) in [7, 11) is 1.62. The summed E-state index contributed by atoms with van der Waals surface area (Å²) in [5, 5.41) is 6.70. The van der Waals surface area contributed by atoms with Crippen molar-refractivity contribution in [2.75, 3.05) is 32.1 Å². The lowest BCUT2D eigenvalue weighted by atomic mass is 9.87. The molecule has 1 aliphatic rings. The van der Waals surface area contributed by atoms with E-state index < -0.39 is 5.41 Å². The molecule has 1 aromatic carbocycles. The number of nitrogens with one attached hydrogen (secondary N) is 2. The van der Waals surface area contributed by atoms with Gasteiger partial charge in [0.05, 0.1) is 22.7 Å². The van der Waals surface area contributed by atoms with Gasteiger partial charge in [-0.3, -0.25) is 4.79 Å². The number of ether oxygens (including phenoxy) is 1. The number of hydrogen-bond acceptors (Lipinski definition) is 3. The summed E-state index contributed by atoms with van der Waals surface area (Å²) in [4.78, 5) is 12.5. The topological polar surface area (TPSA) is 50.4 Å². The van der Waals surface area contributed by atoms with Crippen molar-refractivity contribution in [1.29, 1.82) is 0 Å². The van der Waals surface area contributed by atoms with Crippen molar-refractivity contribution in [1.82, 2.24) is 5.32 Å². The molecule has 0 bridgehead atoms. The number of benzene rings is 1. The molecule has 1 atom stereocenters. The number of carbonyl (C=O) groups excluding carboxylic acids is 1. The summed E-state index contributed by atoms with van der Waals surface area (Å²) in [6.45, 7) is 3.84. The number of methoxy groups -OCH3 is 1. The number of rotatable bonds is 4. The second-order valence-electron chi connectivity index (χ2n) is 5.08. The van der Waals surface area contributed by atoms with Crippen LogP contribution in [0.4, 0.5) is 5.69 Å². The largest absolute Gasteiger partial charge is 0.384 e. The number of aryl methyl sites for hydroxylation is 1. The third-order valence-electron chi connectivity index (χ3n) is 3.52. The van der Waals surface area contributed by atoms with Crippen LogP contribution in [-0.4, -0.2) is 32.7 Å². The average molecular weight is 283 g/mol. The van der Waals surface area contributed by atoms with Gasteiger partial charge in [0.15, 0.2) is 0 Å². The maximum atomic E-state index is 12.5. The zero-order valence-corrected chi connectivity index (χ0v) is 12.0. The molecule has 0 spiro atoms. The highest BCUT2D eigenvalue weighted by Crippen LogP contribution is 2.30. The van der Waals surface area contributed by atoms with Gasteiger partial charge in [0, 0.05) is 13.7 Å². The molecule has 19 heavy (non-hydrogen) atoms. The van der Waals surface area contributed by atoms with Crippen LogP contribution in [0.3, 0.4) is 0 Å². The highest BCUT2D eigenvalue weighted by molar-refractivity contribution is 6.33. The molecular formula is C14H19ClN2O2. The molecular weight excluding hydrogens is 264 g/mol. The van der Waals surface area contributed by atoms with Crippen molar-refractivity contribution < 1.29 is 9.53 Å². The van der Waals surface area contributed by atoms with Crippen molar-refractivity contribution >= 4 is 23.2 Å². The van der Waals surface area contributed by atoms with Crippen LogP contribution in [0.1, 0.15) is 12.0 Å². The van der Waals surface area contributed by atoms with Gasteiger partial charge in [-0.05, 0) is 37.6 Å². The molecule has 1 fully saturated rings. The predicted molar refractivity (Wildman–Crippen MR) is 76.6 cm³/mol. The molecule has 0 saturated carbocycles. The molecule has 104 valence electrons. The summed E-state index contributed by atoms with van der Waals surface area (Å²) < 4.78 is 5.21. The first-order valence-electron chi connectivity index (χ1n) is 6.35. The second kappa shape index (κ2) is 5.90. The van der Waals surface area contributed by atoms with Crippen molar-refractivity contribution in [2.45, 2.75) is 13.3 Å². The Morgan fingerprint density at radius 2 is 2.37 bits per heavy atom. The quantitative estimate of drug-likeness (QED) is 0.890. The Morgan fingerprint density at radius 3 is 3.00 bits per heavy atom. The Morgan fingerprint density at radius 1 is 1.58 bits per heavy atom. The van der Waals surface area contributed by atoms with Crippen molar-refractivity contribution in [3.63, 3.8) is 0 Å². The minimum atomic E-state index is -0.498. The van der Waals surface area contributed by atoms with E-state index in [0.29, 0.717) is 23.9 Å². The Bertz CT molecular complexity index is 471. The van der Waals surface area contributed by atoms with Crippen molar-refractivity contribution in [2.24, 2.45) is 5.41 Å². The van der Waals surface area contributed by atoms with Gasteiger partial charge in [-0.1, -0.05) is 17.7 Å². The summed E-state index contributed by atoms with van der Waals surface area (Å²) >= 11 is 6.11. The fraction of sp³-hybridized carbons (Fsp3) is 0.500. The number of hydrogen-bond donors (Lipinski definition) is 2. The molecule has 2 rings (SSSR count). The SMILES string of the molecule is COCC1(C(=O)Nc2cc(C)ccc2Cl)CCNC1. The summed E-state index contributed by atoms with van der Waals surface area (Å²) in [5.41, 5.74) is 1.22. The fourth-order valence-corrected chi connectivity index (χ4v) is 2.56. The van der Waals surface area contributed by atoms with Crippen LogP contribution in [0.5, 0.6) is 0 Å². The van der Waals surface area contributed by atoms with Gasteiger partial charge >= 0.3 is 0 Å². The Balaban J connectivity index is 2.17. The molecule has 0 aliphatic carbocycles. The van der Waals surface area contributed by atoms with Crippen LogP contribution in [0.2, 0.25) is 5.02 Å². The van der Waals surface area contributed by atoms with Crippen molar-refractivity contribution in [3.8, 4) is 0 Å². The number of amides is 1. The van der Waals surface area contributed by atoms with E-state index in [4.69, 9.17) is 16.3 Å². The van der Waals surface area contributed by atoms with Crippen molar-refractivity contribution in [3.05, 3.63) is 28.8 Å². The van der Waals surface area contributed by atoms with E-state index in [1.807, 2.05) is 19.1 Å². The molecule has 1 aromatic rings. The lowest BCUT2D eigenvalue weighted by Gasteiger charge is -2.26. The zero-order valence-electron chi connectivity index (χ0n) is 11.3. The highest BCUT2D eigenvalue weighted by atomic mass is 35.5. The van der Waals surface area contributed by atoms with Crippen LogP contribution >= 0.6 is 11.6 Å². The molecule has 4 nitrogen and oxygen atoms in total. The van der Waals surface area contributed by atoms with E-state index in [2.05, 4.69) is 10.6 Å². The third kappa shape index (κ3) is 3.08. The van der Waals surface area contributed by atoms with Crippen LogP contribution in [0.15, 0.2) is 18.2 Å². The minimum absolute atomic E-state index is 0.0353. The van der Waals surface area contributed by atoms with E-state index in [-0.39, 0.29) is 5.91 Å². The highest BCUT2D eigenvalue weighted by Gasteiger charge is 2.41. The first-order chi connectivity index (χ1) is 9.07. The van der Waals surface area contributed by atoms with E-state index >= 15 is 0 Å². The van der Waals surface area contributed by atoms with E-state index in [1.54, 1.807) is 13.2 Å². The lowest BCUT2D eigenvalue weighted by molar-refractivity contribution is -0.127. The molecule has 1 aliphatic heterocycles. The molecule has 2 N–H and O–H groups in total. The normalized spacial score (nSPS) is 22.5. The van der Waals surface area contributed by atoms with E-state index in [1.165, 1.54) is 0 Å². The number of anilines is 1. The third-order valence-corrected chi connectivity index (χ3v) is 3.85. The fourth-order valence-electron chi connectivity index (χ4n) is 2.39. The van der Waals surface area contributed by atoms with E-state index in [0.717, 1.165) is 18.5 Å². The Kier molecular flexibility index (Phi) is 4.45. The summed E-state index contributed by atoms with van der Waals surface area (Å²) in [6.07, 6.45) is 0.774. The number of halogens is 1. The average Bonchev–Trinajstić information content (AvgIpc) is 2.84. The molecule has 1 amide bonds. The maximum Gasteiger partial charge on any atom is 0.234 e. The standard InChI is InChI=1S/C14H19ClN2O2/c1-10-3-4-11(15)12(7-10)17-13(18)14(9-19-2)5-6-16-8-14/h3-4,7,16H,5-6,8-9H2,1-2H3,(H,17,18). The molecule has 5 heteroatoms. The van der Waals surface area contributed by atoms with Gasteiger partial charge in [-0.25, -0.2) is 0 Å². The van der Waals surface area contributed by atoms with Gasteiger partial charge in [-0.2, -0.15) is 0 Å². The molecule has 0 aromatic heterocycles. The Hall–Kier alpha value is -1.10. The van der Waals surface area contributed by atoms with Crippen LogP contribution in [0.25, 0.3) is 0 Å². The van der Waals surface area contributed by atoms with Gasteiger partial charge in [-0.15, -0.1) is 0 Å². The maximum absolute atomic E-state index is 12.5. The number of carbonyl (C=O) groups is 1. The predicted octanol–water partition coefficient (Wildman–Crippen LogP) is 2.21. The molecule has 1 saturated heterocycles. The minimum Gasteiger partial charge on any atom is -0.384 e. The lowest BCUT2D eigenvalue weighted by Crippen LogP contribution is -2.41. The Labute approximate surface area is 118 Å². The summed E-state index contributed by atoms with van der Waals surface area (Å²) in [5.74, 6) is -0.0353. The molecule has 1 heterocycles. The van der Waals surface area contributed by atoms with Gasteiger partial charge < -0.3 is 15.4 Å². The second-order valence-corrected chi connectivity index (χ2v) is 5.48. The van der Waals surface area contributed by atoms with Gasteiger partial charge in [0.1, 0.15) is 0 Å². The van der Waals surface area contributed by atoms with Crippen LogP contribution < -0.4 is 10.6 Å². The molecule has 1 unspecified atom stereocenters. The smallest absolute Gasteiger partial charge is 0.234 e. The first-order valence-corrected chi connectivity index (χ1v) is 6.72. The van der Waals surface area contributed by atoms with Gasteiger partial charge in [0.25, 0.3) is 0 Å². The van der Waals surface area contributed by atoms with Gasteiger partial charge in [0.2, 0.25) is 5.91 Å².